The summed E-state index contributed by atoms with van der Waals surface area (Å²) in [6, 6.07) is 12.4. The van der Waals surface area contributed by atoms with Gasteiger partial charge in [0.1, 0.15) is 30.0 Å². The van der Waals surface area contributed by atoms with Crippen molar-refractivity contribution in [2.45, 2.75) is 104 Å². The van der Waals surface area contributed by atoms with E-state index in [1.54, 1.807) is 82.7 Å². The number of hydrogen-bond donors (Lipinski definition) is 3. The normalized spacial score (nSPS) is 16.1. The zero-order valence-electron chi connectivity index (χ0n) is 34.3. The van der Waals surface area contributed by atoms with Crippen molar-refractivity contribution in [1.82, 2.24) is 25.4 Å². The van der Waals surface area contributed by atoms with E-state index in [4.69, 9.17) is 14.2 Å². The van der Waals surface area contributed by atoms with Crippen LogP contribution in [0.1, 0.15) is 88.8 Å². The Bertz CT molecular complexity index is 1830. The zero-order valence-corrected chi connectivity index (χ0v) is 35.1. The number of unbranched alkanes of at least 4 members (excludes halogenated alkanes) is 2. The number of nitrogens with zero attached hydrogens (tertiary/aromatic N) is 3. The van der Waals surface area contributed by atoms with Gasteiger partial charge in [-0.25, -0.2) is 14.6 Å². The van der Waals surface area contributed by atoms with Crippen molar-refractivity contribution in [3.05, 3.63) is 70.9 Å². The van der Waals surface area contributed by atoms with E-state index in [2.05, 4.69) is 15.6 Å². The van der Waals surface area contributed by atoms with Crippen molar-refractivity contribution in [2.75, 3.05) is 33.4 Å². The predicted octanol–water partition coefficient (Wildman–Crippen LogP) is 5.50. The molecule has 3 N–H and O–H groups in total. The standard InChI is InChI=1S/C42H57N5O9S/c1-27-35(57-26-44-27)29-14-12-28(13-15-29)23-43-37(50)33-22-31(48)24-47(33)38(51)36(41(2,3)4)45-34(49)25-46(40(53)56-42(5,6)7)20-10-9-11-21-55-32-18-16-30(17-19-32)39(52)54-8/h12-19,26,31,33,36,48H,9-11,20-25H2,1-8H3,(H,43,50)(H,45,49)/t31-,33+,36-/m1/s1. The van der Waals surface area contributed by atoms with Gasteiger partial charge in [-0.2, -0.15) is 0 Å². The Kier molecular flexibility index (Phi) is 15.6. The fraction of sp³-hybridized carbons (Fsp3) is 0.524. The summed E-state index contributed by atoms with van der Waals surface area (Å²) in [7, 11) is 1.32. The third-order valence-electron chi connectivity index (χ3n) is 9.31. The minimum absolute atomic E-state index is 0.0606. The van der Waals surface area contributed by atoms with E-state index in [0.29, 0.717) is 37.2 Å². The van der Waals surface area contributed by atoms with Gasteiger partial charge in [0.05, 0.1) is 41.5 Å². The Morgan fingerprint density at radius 1 is 0.982 bits per heavy atom. The smallest absolute Gasteiger partial charge is 0.410 e. The number of hydrogen-bond acceptors (Lipinski definition) is 11. The van der Waals surface area contributed by atoms with E-state index in [0.717, 1.165) is 21.7 Å². The first kappa shape index (κ1) is 44.7. The summed E-state index contributed by atoms with van der Waals surface area (Å²) in [6.45, 7) is 13.0. The Hall–Kier alpha value is -5.02. The Balaban J connectivity index is 1.34. The summed E-state index contributed by atoms with van der Waals surface area (Å²) < 4.78 is 16.1. The van der Waals surface area contributed by atoms with Gasteiger partial charge in [-0.3, -0.25) is 19.3 Å². The number of carbonyl (C=O) groups is 5. The van der Waals surface area contributed by atoms with Gasteiger partial charge in [-0.15, -0.1) is 11.3 Å². The first-order valence-corrected chi connectivity index (χ1v) is 20.1. The molecule has 1 fully saturated rings. The van der Waals surface area contributed by atoms with Crippen LogP contribution in [0.4, 0.5) is 4.79 Å². The van der Waals surface area contributed by atoms with E-state index >= 15 is 0 Å². The quantitative estimate of drug-likeness (QED) is 0.124. The molecule has 2 heterocycles. The molecular weight excluding hydrogens is 751 g/mol. The summed E-state index contributed by atoms with van der Waals surface area (Å²) in [5.41, 5.74) is 3.50. The van der Waals surface area contributed by atoms with E-state index in [-0.39, 0.29) is 32.6 Å². The molecule has 0 aliphatic carbocycles. The SMILES string of the molecule is COC(=O)c1ccc(OCCCCCN(CC(=O)N[C@H](C(=O)N2C[C@H](O)C[C@H]2C(=O)NCc2ccc(-c3scnc3C)cc2)C(C)(C)C)C(=O)OC(C)(C)C)cc1. The lowest BCUT2D eigenvalue weighted by Gasteiger charge is -2.36. The Labute approximate surface area is 339 Å². The van der Waals surface area contributed by atoms with Crippen LogP contribution < -0.4 is 15.4 Å². The van der Waals surface area contributed by atoms with Crippen molar-refractivity contribution in [3.63, 3.8) is 0 Å². The van der Waals surface area contributed by atoms with Crippen molar-refractivity contribution in [1.29, 1.82) is 0 Å². The minimum Gasteiger partial charge on any atom is -0.494 e. The van der Waals surface area contributed by atoms with Gasteiger partial charge >= 0.3 is 12.1 Å². The monoisotopic (exact) mass is 807 g/mol. The van der Waals surface area contributed by atoms with Gasteiger partial charge in [0, 0.05) is 26.1 Å². The van der Waals surface area contributed by atoms with Crippen molar-refractivity contribution in [3.8, 4) is 16.2 Å². The number of amides is 4. The number of β-amino-alcohol motifs (C(OH)–C–C–N with tert-alkyl or cyclic N) is 1. The first-order chi connectivity index (χ1) is 26.9. The lowest BCUT2D eigenvalue weighted by Crippen LogP contribution is -2.59. The average molecular weight is 808 g/mol. The summed E-state index contributed by atoms with van der Waals surface area (Å²) in [6.07, 6.45) is 0.392. The molecule has 0 bridgehead atoms. The molecule has 310 valence electrons. The summed E-state index contributed by atoms with van der Waals surface area (Å²) in [5, 5.41) is 16.4. The first-order valence-electron chi connectivity index (χ1n) is 19.2. The maximum atomic E-state index is 14.2. The second-order valence-corrected chi connectivity index (χ2v) is 17.1. The number of thiazole rings is 1. The van der Waals surface area contributed by atoms with Gasteiger partial charge in [0.15, 0.2) is 0 Å². The molecule has 4 rings (SSSR count). The molecule has 3 aromatic rings. The van der Waals surface area contributed by atoms with Crippen LogP contribution in [0.25, 0.3) is 10.4 Å². The van der Waals surface area contributed by atoms with Crippen molar-refractivity contribution < 1.29 is 43.3 Å². The molecule has 0 radical (unpaired) electrons. The number of aryl methyl sites for hydroxylation is 1. The summed E-state index contributed by atoms with van der Waals surface area (Å²) in [5.74, 6) is -1.29. The number of benzene rings is 2. The summed E-state index contributed by atoms with van der Waals surface area (Å²) >= 11 is 1.56. The largest absolute Gasteiger partial charge is 0.494 e. The Morgan fingerprint density at radius 3 is 2.26 bits per heavy atom. The summed E-state index contributed by atoms with van der Waals surface area (Å²) in [4.78, 5) is 74.2. The van der Waals surface area contributed by atoms with Gasteiger partial charge in [0.2, 0.25) is 17.7 Å². The highest BCUT2D eigenvalue weighted by Gasteiger charge is 2.44. The lowest BCUT2D eigenvalue weighted by atomic mass is 9.85. The van der Waals surface area contributed by atoms with E-state index in [1.165, 1.54) is 16.9 Å². The molecule has 4 amide bonds. The molecule has 57 heavy (non-hydrogen) atoms. The molecule has 15 heteroatoms. The molecular formula is C42H57N5O9S. The number of ether oxygens (including phenoxy) is 3. The van der Waals surface area contributed by atoms with Gasteiger partial charge in [-0.05, 0) is 87.8 Å². The maximum Gasteiger partial charge on any atom is 0.410 e. The molecule has 0 unspecified atom stereocenters. The molecule has 1 aromatic heterocycles. The average Bonchev–Trinajstić information content (AvgIpc) is 3.77. The van der Waals surface area contributed by atoms with Crippen LogP contribution in [-0.4, -0.2) is 107 Å². The molecule has 1 saturated heterocycles. The number of methoxy groups -OCH3 is 1. The fourth-order valence-electron chi connectivity index (χ4n) is 6.30. The number of rotatable bonds is 16. The highest BCUT2D eigenvalue weighted by Crippen LogP contribution is 2.28. The molecule has 1 aliphatic heterocycles. The lowest BCUT2D eigenvalue weighted by molar-refractivity contribution is -0.144. The van der Waals surface area contributed by atoms with Crippen LogP contribution in [0.2, 0.25) is 0 Å². The third-order valence-corrected chi connectivity index (χ3v) is 10.3. The fourth-order valence-corrected chi connectivity index (χ4v) is 7.11. The van der Waals surface area contributed by atoms with Gasteiger partial charge in [-0.1, -0.05) is 45.0 Å². The number of nitrogens with one attached hydrogen (secondary N) is 2. The minimum atomic E-state index is -1.06. The van der Waals surface area contributed by atoms with Crippen molar-refractivity contribution in [2.24, 2.45) is 5.41 Å². The number of esters is 1. The third kappa shape index (κ3) is 13.3. The van der Waals surface area contributed by atoms with Crippen LogP contribution in [0, 0.1) is 12.3 Å². The second kappa shape index (κ2) is 19.9. The van der Waals surface area contributed by atoms with Gasteiger partial charge in [0.25, 0.3) is 0 Å². The molecule has 14 nitrogen and oxygen atoms in total. The zero-order chi connectivity index (χ0) is 41.9. The topological polar surface area (TPSA) is 177 Å². The number of aliphatic hydroxyl groups excluding tert-OH is 1. The number of aliphatic hydroxyl groups is 1. The van der Waals surface area contributed by atoms with Crippen LogP contribution in [0.3, 0.4) is 0 Å². The van der Waals surface area contributed by atoms with E-state index in [9.17, 15) is 29.1 Å². The Morgan fingerprint density at radius 2 is 1.67 bits per heavy atom. The predicted molar refractivity (Wildman–Crippen MR) is 217 cm³/mol. The highest BCUT2D eigenvalue weighted by molar-refractivity contribution is 7.13. The van der Waals surface area contributed by atoms with E-state index < -0.39 is 59.0 Å². The van der Waals surface area contributed by atoms with Crippen LogP contribution >= 0.6 is 11.3 Å². The molecule has 2 aromatic carbocycles. The van der Waals surface area contributed by atoms with Gasteiger partial charge < -0.3 is 34.9 Å². The molecule has 3 atom stereocenters. The number of aromatic nitrogens is 1. The molecule has 0 spiro atoms. The molecule has 0 saturated carbocycles. The maximum absolute atomic E-state index is 14.2. The highest BCUT2D eigenvalue weighted by atomic mass is 32.1. The van der Waals surface area contributed by atoms with Crippen LogP contribution in [-0.2, 0) is 30.4 Å². The second-order valence-electron chi connectivity index (χ2n) is 16.3. The van der Waals surface area contributed by atoms with Crippen LogP contribution in [0.15, 0.2) is 54.0 Å². The molecule has 1 aliphatic rings. The van der Waals surface area contributed by atoms with Crippen molar-refractivity contribution >= 4 is 41.1 Å². The number of likely N-dealkylation sites (tertiary alicyclic amines) is 1. The number of carbonyl (C=O) groups excluding carboxylic acids is 5. The van der Waals surface area contributed by atoms with Crippen LogP contribution in [0.5, 0.6) is 5.75 Å². The van der Waals surface area contributed by atoms with E-state index in [1.807, 2.05) is 31.2 Å².